The predicted octanol–water partition coefficient (Wildman–Crippen LogP) is 3.88. The molecule has 8 nitrogen and oxygen atoms in total. The minimum Gasteiger partial charge on any atom is -0.464 e. The van der Waals surface area contributed by atoms with Crippen LogP contribution in [0.15, 0.2) is 65.3 Å². The van der Waals surface area contributed by atoms with Crippen molar-refractivity contribution < 1.29 is 23.7 Å². The number of nitro groups is 1. The summed E-state index contributed by atoms with van der Waals surface area (Å²) in [7, 11) is 0. The van der Waals surface area contributed by atoms with Gasteiger partial charge in [-0.3, -0.25) is 19.7 Å². The first-order chi connectivity index (χ1) is 14.4. The van der Waals surface area contributed by atoms with Crippen LogP contribution in [0.25, 0.3) is 21.7 Å². The van der Waals surface area contributed by atoms with E-state index >= 15 is 0 Å². The summed E-state index contributed by atoms with van der Waals surface area (Å²) >= 11 is 0. The summed E-state index contributed by atoms with van der Waals surface area (Å²) in [5.41, 5.74) is 6.33. The van der Waals surface area contributed by atoms with E-state index in [1.54, 1.807) is 0 Å². The summed E-state index contributed by atoms with van der Waals surface area (Å²) in [6.07, 6.45) is 1.47. The lowest BCUT2D eigenvalue weighted by Gasteiger charge is -2.07. The van der Waals surface area contributed by atoms with Crippen molar-refractivity contribution >= 4 is 39.3 Å². The summed E-state index contributed by atoms with van der Waals surface area (Å²) in [6.45, 7) is -0.301. The number of nitrogens with zero attached hydrogens (tertiary/aromatic N) is 1. The summed E-state index contributed by atoms with van der Waals surface area (Å²) in [5.74, 6) is -1.33. The minimum atomic E-state index is -0.777. The van der Waals surface area contributed by atoms with Crippen molar-refractivity contribution in [3.63, 3.8) is 0 Å². The Balaban J connectivity index is 1.54. The van der Waals surface area contributed by atoms with E-state index in [0.29, 0.717) is 11.1 Å². The smallest absolute Gasteiger partial charge is 0.310 e. The highest BCUT2D eigenvalue weighted by atomic mass is 16.6. The van der Waals surface area contributed by atoms with Crippen molar-refractivity contribution in [3.8, 4) is 0 Å². The Hall–Kier alpha value is -4.20. The van der Waals surface area contributed by atoms with Gasteiger partial charge in [-0.25, -0.2) is 0 Å². The van der Waals surface area contributed by atoms with Gasteiger partial charge in [-0.1, -0.05) is 30.3 Å². The van der Waals surface area contributed by atoms with E-state index in [0.717, 1.165) is 22.2 Å². The van der Waals surface area contributed by atoms with E-state index < -0.39 is 16.8 Å². The van der Waals surface area contributed by atoms with Gasteiger partial charge in [0.15, 0.2) is 0 Å². The van der Waals surface area contributed by atoms with Gasteiger partial charge >= 0.3 is 5.97 Å². The number of carbonyl (C=O) groups excluding carboxylic acids is 2. The van der Waals surface area contributed by atoms with Gasteiger partial charge in [-0.05, 0) is 29.0 Å². The maximum Gasteiger partial charge on any atom is 0.310 e. The van der Waals surface area contributed by atoms with Crippen molar-refractivity contribution in [2.75, 3.05) is 0 Å². The molecule has 0 saturated carbocycles. The van der Waals surface area contributed by atoms with Crippen molar-refractivity contribution in [3.05, 3.63) is 87.7 Å². The Morgan fingerprint density at radius 1 is 1.07 bits per heavy atom. The maximum absolute atomic E-state index is 12.4. The SMILES string of the molecule is NC(=O)c1ccc(COC(=O)Cc2coc3ccc4ccccc4c23)c([N+](=O)[O-])c1. The van der Waals surface area contributed by atoms with Crippen LogP contribution in [-0.4, -0.2) is 16.8 Å². The first-order valence-electron chi connectivity index (χ1n) is 9.04. The molecule has 0 aliphatic carbocycles. The van der Waals surface area contributed by atoms with E-state index in [9.17, 15) is 19.7 Å². The van der Waals surface area contributed by atoms with Crippen molar-refractivity contribution in [1.82, 2.24) is 0 Å². The second kappa shape index (κ2) is 7.67. The van der Waals surface area contributed by atoms with Crippen LogP contribution < -0.4 is 5.73 Å². The molecule has 0 atom stereocenters. The van der Waals surface area contributed by atoms with Crippen LogP contribution >= 0.6 is 0 Å². The molecule has 0 unspecified atom stereocenters. The third-order valence-corrected chi connectivity index (χ3v) is 4.83. The Bertz CT molecular complexity index is 1310. The first kappa shape index (κ1) is 19.1. The molecule has 0 bridgehead atoms. The lowest BCUT2D eigenvalue weighted by Crippen LogP contribution is -2.12. The normalized spacial score (nSPS) is 10.9. The molecule has 4 aromatic rings. The van der Waals surface area contributed by atoms with Gasteiger partial charge in [-0.2, -0.15) is 0 Å². The number of amides is 1. The van der Waals surface area contributed by atoms with Crippen LogP contribution in [0.4, 0.5) is 5.69 Å². The molecule has 0 fully saturated rings. The molecular formula is C22H16N2O6. The van der Waals surface area contributed by atoms with Crippen molar-refractivity contribution in [2.24, 2.45) is 5.73 Å². The molecule has 1 aromatic heterocycles. The van der Waals surface area contributed by atoms with E-state index in [1.807, 2.05) is 36.4 Å². The molecule has 8 heteroatoms. The monoisotopic (exact) mass is 404 g/mol. The fourth-order valence-corrected chi connectivity index (χ4v) is 3.38. The van der Waals surface area contributed by atoms with Gasteiger partial charge in [0, 0.05) is 22.6 Å². The Labute approximate surface area is 170 Å². The largest absolute Gasteiger partial charge is 0.464 e. The van der Waals surface area contributed by atoms with Gasteiger partial charge in [-0.15, -0.1) is 0 Å². The number of furan rings is 1. The van der Waals surface area contributed by atoms with Crippen LogP contribution in [-0.2, 0) is 22.6 Å². The third kappa shape index (κ3) is 3.58. The molecule has 2 N–H and O–H groups in total. The predicted molar refractivity (Wildman–Crippen MR) is 109 cm³/mol. The molecule has 0 saturated heterocycles. The average Bonchev–Trinajstić information content (AvgIpc) is 3.15. The Morgan fingerprint density at radius 2 is 1.87 bits per heavy atom. The fraction of sp³-hybridized carbons (Fsp3) is 0.0909. The highest BCUT2D eigenvalue weighted by Crippen LogP contribution is 2.30. The second-order valence-corrected chi connectivity index (χ2v) is 6.72. The highest BCUT2D eigenvalue weighted by molar-refractivity contribution is 6.08. The highest BCUT2D eigenvalue weighted by Gasteiger charge is 2.19. The molecule has 0 radical (unpaired) electrons. The number of hydrogen-bond acceptors (Lipinski definition) is 6. The number of rotatable bonds is 6. The zero-order valence-corrected chi connectivity index (χ0v) is 15.7. The lowest BCUT2D eigenvalue weighted by atomic mass is 10.0. The standard InChI is InChI=1S/C22H16N2O6/c23-22(26)14-5-6-15(18(9-14)24(27)28)11-30-20(25)10-16-12-29-19-8-7-13-3-1-2-4-17(13)21(16)19/h1-9,12H,10-11H2,(H2,23,26). The van der Waals surface area contributed by atoms with Crippen LogP contribution in [0.3, 0.4) is 0 Å². The Morgan fingerprint density at radius 3 is 2.63 bits per heavy atom. The molecule has 150 valence electrons. The van der Waals surface area contributed by atoms with Crippen LogP contribution in [0.5, 0.6) is 0 Å². The topological polar surface area (TPSA) is 126 Å². The number of ether oxygens (including phenoxy) is 1. The van der Waals surface area contributed by atoms with Crippen LogP contribution in [0.1, 0.15) is 21.5 Å². The third-order valence-electron chi connectivity index (χ3n) is 4.83. The van der Waals surface area contributed by atoms with Gasteiger partial charge in [0.2, 0.25) is 5.91 Å². The number of primary amides is 1. The van der Waals surface area contributed by atoms with Gasteiger partial charge in [0.1, 0.15) is 12.2 Å². The zero-order valence-electron chi connectivity index (χ0n) is 15.7. The summed E-state index contributed by atoms with van der Waals surface area (Å²) in [6, 6.07) is 15.3. The zero-order chi connectivity index (χ0) is 21.3. The lowest BCUT2D eigenvalue weighted by molar-refractivity contribution is -0.385. The van der Waals surface area contributed by atoms with E-state index in [4.69, 9.17) is 14.9 Å². The van der Waals surface area contributed by atoms with E-state index in [2.05, 4.69) is 0 Å². The summed E-state index contributed by atoms with van der Waals surface area (Å²) in [4.78, 5) is 34.3. The number of esters is 1. The summed E-state index contributed by atoms with van der Waals surface area (Å²) < 4.78 is 10.8. The van der Waals surface area contributed by atoms with Crippen molar-refractivity contribution in [2.45, 2.75) is 13.0 Å². The minimum absolute atomic E-state index is 0.00789. The maximum atomic E-state index is 12.4. The van der Waals surface area contributed by atoms with Crippen molar-refractivity contribution in [1.29, 1.82) is 0 Å². The molecule has 30 heavy (non-hydrogen) atoms. The number of carbonyl (C=O) groups is 2. The van der Waals surface area contributed by atoms with Crippen LogP contribution in [0, 0.1) is 10.1 Å². The molecule has 0 aliphatic heterocycles. The quantitative estimate of drug-likeness (QED) is 0.295. The molecule has 0 spiro atoms. The number of nitro benzene ring substituents is 1. The summed E-state index contributed by atoms with van der Waals surface area (Å²) in [5, 5.41) is 14.1. The van der Waals surface area contributed by atoms with E-state index in [1.165, 1.54) is 18.4 Å². The molecule has 1 heterocycles. The number of hydrogen-bond donors (Lipinski definition) is 1. The second-order valence-electron chi connectivity index (χ2n) is 6.72. The van der Waals surface area contributed by atoms with Gasteiger partial charge < -0.3 is 14.9 Å². The number of benzene rings is 3. The number of fused-ring (bicyclic) bond motifs is 3. The molecule has 1 amide bonds. The Kier molecular flexibility index (Phi) is 4.89. The molecular weight excluding hydrogens is 388 g/mol. The average molecular weight is 404 g/mol. The molecule has 3 aromatic carbocycles. The van der Waals surface area contributed by atoms with E-state index in [-0.39, 0.29) is 29.8 Å². The fourth-order valence-electron chi connectivity index (χ4n) is 3.38. The van der Waals surface area contributed by atoms with Crippen LogP contribution in [0.2, 0.25) is 0 Å². The molecule has 4 rings (SSSR count). The number of nitrogens with two attached hydrogens (primary N) is 1. The molecule has 0 aliphatic rings. The van der Waals surface area contributed by atoms with Gasteiger partial charge in [0.25, 0.3) is 5.69 Å². The van der Waals surface area contributed by atoms with Gasteiger partial charge in [0.05, 0.1) is 23.2 Å². The first-order valence-corrected chi connectivity index (χ1v) is 9.04.